The summed E-state index contributed by atoms with van der Waals surface area (Å²) in [6.07, 6.45) is 7.84. The van der Waals surface area contributed by atoms with Crippen molar-refractivity contribution in [2.45, 2.75) is 27.0 Å². The van der Waals surface area contributed by atoms with E-state index >= 15 is 0 Å². The smallest absolute Gasteiger partial charge is 0.159 e. The molecule has 36 heavy (non-hydrogen) atoms. The molecule has 0 spiro atoms. The van der Waals surface area contributed by atoms with E-state index in [-0.39, 0.29) is 5.41 Å². The molecular weight excluding hydrogens is 454 g/mol. The van der Waals surface area contributed by atoms with Crippen LogP contribution in [-0.4, -0.2) is 41.5 Å². The number of furan rings is 1. The minimum Gasteiger partial charge on any atom is -0.472 e. The van der Waals surface area contributed by atoms with Crippen LogP contribution >= 0.6 is 0 Å². The first kappa shape index (κ1) is 22.0. The topological polar surface area (TPSA) is 129 Å². The van der Waals surface area contributed by atoms with Crippen LogP contribution in [0.3, 0.4) is 0 Å². The SMILES string of the molecule is CC(C)(C)C(O)Nc1cncc(-c2cc3c(-c4nc5c(-c6ccoc6)cccc5[nH]4)n[nH]c3cn2)c1. The second-order valence-electron chi connectivity index (χ2n) is 9.86. The molecule has 1 aromatic carbocycles. The molecule has 4 N–H and O–H groups in total. The zero-order chi connectivity index (χ0) is 24.9. The van der Waals surface area contributed by atoms with Gasteiger partial charge in [-0.05, 0) is 24.3 Å². The van der Waals surface area contributed by atoms with Crippen molar-refractivity contribution < 1.29 is 9.52 Å². The van der Waals surface area contributed by atoms with Crippen LogP contribution in [0.4, 0.5) is 5.69 Å². The first-order valence-corrected chi connectivity index (χ1v) is 11.6. The summed E-state index contributed by atoms with van der Waals surface area (Å²) in [6, 6.07) is 11.8. The Labute approximate surface area is 206 Å². The van der Waals surface area contributed by atoms with Crippen LogP contribution in [0.1, 0.15) is 20.8 Å². The Bertz CT molecular complexity index is 1680. The van der Waals surface area contributed by atoms with Crippen molar-refractivity contribution in [1.29, 1.82) is 0 Å². The second kappa shape index (κ2) is 8.31. The van der Waals surface area contributed by atoms with E-state index in [1.807, 2.05) is 57.2 Å². The lowest BCUT2D eigenvalue weighted by Crippen LogP contribution is -2.33. The largest absolute Gasteiger partial charge is 0.472 e. The van der Waals surface area contributed by atoms with Gasteiger partial charge in [-0.2, -0.15) is 5.10 Å². The molecule has 5 heterocycles. The number of imidazole rings is 1. The van der Waals surface area contributed by atoms with E-state index in [0.29, 0.717) is 17.2 Å². The third kappa shape index (κ3) is 3.89. The summed E-state index contributed by atoms with van der Waals surface area (Å²) in [4.78, 5) is 17.2. The molecule has 1 unspecified atom stereocenters. The Morgan fingerprint density at radius 1 is 1.03 bits per heavy atom. The van der Waals surface area contributed by atoms with Gasteiger partial charge in [0.2, 0.25) is 0 Å². The third-order valence-electron chi connectivity index (χ3n) is 6.17. The van der Waals surface area contributed by atoms with E-state index in [9.17, 15) is 5.11 Å². The molecule has 6 rings (SSSR count). The van der Waals surface area contributed by atoms with Crippen molar-refractivity contribution in [3.8, 4) is 33.9 Å². The van der Waals surface area contributed by atoms with Crippen LogP contribution in [0.15, 0.2) is 71.9 Å². The first-order chi connectivity index (χ1) is 17.4. The van der Waals surface area contributed by atoms with Crippen LogP contribution < -0.4 is 5.32 Å². The minimum atomic E-state index is -0.717. The van der Waals surface area contributed by atoms with Gasteiger partial charge >= 0.3 is 0 Å². The Morgan fingerprint density at radius 3 is 2.72 bits per heavy atom. The lowest BCUT2D eigenvalue weighted by molar-refractivity contribution is 0.0880. The van der Waals surface area contributed by atoms with Gasteiger partial charge in [0, 0.05) is 33.7 Å². The quantitative estimate of drug-likeness (QED) is 0.237. The van der Waals surface area contributed by atoms with E-state index in [1.165, 1.54) is 0 Å². The molecule has 0 aliphatic heterocycles. The van der Waals surface area contributed by atoms with E-state index in [4.69, 9.17) is 9.40 Å². The molecule has 0 radical (unpaired) electrons. The number of benzene rings is 1. The standard InChI is InChI=1S/C27H25N7O2/c1-27(2,3)26(35)30-17-9-16(11-28-12-17)21-10-19-22(13-29-21)33-34-24(19)25-31-20-6-4-5-18(23(20)32-25)15-7-8-36-14-15/h4-14,26,30,35H,1-3H3,(H,31,32)(H,33,34). The van der Waals surface area contributed by atoms with Gasteiger partial charge < -0.3 is 19.8 Å². The lowest BCUT2D eigenvalue weighted by Gasteiger charge is -2.27. The third-order valence-corrected chi connectivity index (χ3v) is 6.17. The zero-order valence-electron chi connectivity index (χ0n) is 20.1. The number of pyridine rings is 2. The maximum Gasteiger partial charge on any atom is 0.159 e. The fourth-order valence-corrected chi connectivity index (χ4v) is 4.08. The van der Waals surface area contributed by atoms with Crippen LogP contribution in [-0.2, 0) is 0 Å². The van der Waals surface area contributed by atoms with Crippen LogP contribution in [0.25, 0.3) is 55.8 Å². The van der Waals surface area contributed by atoms with Crippen molar-refractivity contribution >= 4 is 27.6 Å². The molecule has 0 aliphatic carbocycles. The fraction of sp³-hybridized carbons (Fsp3) is 0.185. The molecule has 0 fully saturated rings. The number of aromatic nitrogens is 6. The zero-order valence-corrected chi connectivity index (χ0v) is 20.1. The Morgan fingerprint density at radius 2 is 1.92 bits per heavy atom. The van der Waals surface area contributed by atoms with Crippen molar-refractivity contribution in [3.63, 3.8) is 0 Å². The number of nitrogens with zero attached hydrogens (tertiary/aromatic N) is 4. The van der Waals surface area contributed by atoms with Gasteiger partial charge in [-0.25, -0.2) is 4.98 Å². The summed E-state index contributed by atoms with van der Waals surface area (Å²) in [5, 5.41) is 22.0. The molecule has 9 nitrogen and oxygen atoms in total. The molecule has 0 saturated carbocycles. The van der Waals surface area contributed by atoms with Gasteiger partial charge in [0.25, 0.3) is 0 Å². The Hall–Kier alpha value is -4.50. The molecule has 1 atom stereocenters. The van der Waals surface area contributed by atoms with Crippen LogP contribution in [0, 0.1) is 5.41 Å². The minimum absolute atomic E-state index is 0.317. The number of fused-ring (bicyclic) bond motifs is 2. The summed E-state index contributed by atoms with van der Waals surface area (Å²) in [7, 11) is 0. The summed E-state index contributed by atoms with van der Waals surface area (Å²) in [6.45, 7) is 5.90. The predicted molar refractivity (Wildman–Crippen MR) is 139 cm³/mol. The number of rotatable bonds is 5. The predicted octanol–water partition coefficient (Wildman–Crippen LogP) is 5.60. The Kier molecular flexibility index (Phi) is 5.08. The molecule has 180 valence electrons. The average molecular weight is 480 g/mol. The maximum atomic E-state index is 10.4. The highest BCUT2D eigenvalue weighted by molar-refractivity contribution is 5.97. The van der Waals surface area contributed by atoms with Gasteiger partial charge in [0.15, 0.2) is 5.82 Å². The van der Waals surface area contributed by atoms with Crippen molar-refractivity contribution in [3.05, 3.63) is 67.5 Å². The summed E-state index contributed by atoms with van der Waals surface area (Å²) in [5.41, 5.74) is 7.17. The molecule has 5 aromatic heterocycles. The first-order valence-electron chi connectivity index (χ1n) is 11.6. The second-order valence-corrected chi connectivity index (χ2v) is 9.86. The number of hydrogen-bond donors (Lipinski definition) is 4. The number of hydrogen-bond acceptors (Lipinski definition) is 7. The number of anilines is 1. The molecule has 0 saturated heterocycles. The molecule has 0 aliphatic rings. The molecule has 9 heteroatoms. The van der Waals surface area contributed by atoms with Gasteiger partial charge in [0.05, 0.1) is 52.9 Å². The monoisotopic (exact) mass is 479 g/mol. The highest BCUT2D eigenvalue weighted by atomic mass is 16.3. The van der Waals surface area contributed by atoms with Crippen LogP contribution in [0.5, 0.6) is 0 Å². The van der Waals surface area contributed by atoms with Gasteiger partial charge in [-0.15, -0.1) is 0 Å². The number of aliphatic hydroxyl groups excluding tert-OH is 1. The maximum absolute atomic E-state index is 10.4. The lowest BCUT2D eigenvalue weighted by atomic mass is 9.94. The summed E-state index contributed by atoms with van der Waals surface area (Å²) < 4.78 is 5.27. The van der Waals surface area contributed by atoms with Crippen LogP contribution in [0.2, 0.25) is 0 Å². The summed E-state index contributed by atoms with van der Waals surface area (Å²) >= 11 is 0. The number of H-pyrrole nitrogens is 2. The van der Waals surface area contributed by atoms with Gasteiger partial charge in [-0.1, -0.05) is 32.9 Å². The van der Waals surface area contributed by atoms with Gasteiger partial charge in [-0.3, -0.25) is 15.1 Å². The van der Waals surface area contributed by atoms with Gasteiger partial charge in [0.1, 0.15) is 11.9 Å². The summed E-state index contributed by atoms with van der Waals surface area (Å²) in [5.74, 6) is 0.659. The van der Waals surface area contributed by atoms with Crippen molar-refractivity contribution in [1.82, 2.24) is 30.1 Å². The van der Waals surface area contributed by atoms with E-state index in [1.54, 1.807) is 31.1 Å². The number of para-hydroxylation sites is 1. The number of nitrogens with one attached hydrogen (secondary N) is 3. The highest BCUT2D eigenvalue weighted by Gasteiger charge is 2.22. The normalized spacial score (nSPS) is 12.9. The highest BCUT2D eigenvalue weighted by Crippen LogP contribution is 2.33. The van der Waals surface area contributed by atoms with E-state index in [0.717, 1.165) is 44.3 Å². The van der Waals surface area contributed by atoms with E-state index < -0.39 is 6.23 Å². The molecular formula is C27H25N7O2. The molecule has 6 aromatic rings. The number of aromatic amines is 2. The van der Waals surface area contributed by atoms with Crippen molar-refractivity contribution in [2.24, 2.45) is 5.41 Å². The Balaban J connectivity index is 1.40. The fourth-order valence-electron chi connectivity index (χ4n) is 4.08. The van der Waals surface area contributed by atoms with Crippen molar-refractivity contribution in [2.75, 3.05) is 5.32 Å². The average Bonchev–Trinajstić information content (AvgIpc) is 3.62. The van der Waals surface area contributed by atoms with E-state index in [2.05, 4.69) is 30.5 Å². The molecule has 0 amide bonds. The number of aliphatic hydroxyl groups is 1. The molecule has 0 bridgehead atoms.